The van der Waals surface area contributed by atoms with E-state index >= 15 is 0 Å². The number of esters is 1. The van der Waals surface area contributed by atoms with Crippen LogP contribution in [0, 0.1) is 11.6 Å². The standard InChI is InChI=1S/C16H11Cl2F2NO3/c1-8(15(22)21-14-5-2-9(17)6-12(14)18)24-16(23)11-4-3-10(19)7-13(11)20/h2-8H,1H3,(H,21,22). The molecular formula is C16H11Cl2F2NO3. The fourth-order valence-electron chi connectivity index (χ4n) is 1.76. The molecule has 0 radical (unpaired) electrons. The van der Waals surface area contributed by atoms with Crippen LogP contribution in [0.5, 0.6) is 0 Å². The van der Waals surface area contributed by atoms with Crippen LogP contribution in [0.2, 0.25) is 10.0 Å². The topological polar surface area (TPSA) is 55.4 Å². The van der Waals surface area contributed by atoms with Crippen LogP contribution in [-0.2, 0) is 9.53 Å². The molecule has 1 atom stereocenters. The predicted octanol–water partition coefficient (Wildman–Crippen LogP) is 4.46. The molecule has 24 heavy (non-hydrogen) atoms. The number of rotatable bonds is 4. The average molecular weight is 374 g/mol. The number of ether oxygens (including phenoxy) is 1. The Balaban J connectivity index is 2.04. The summed E-state index contributed by atoms with van der Waals surface area (Å²) in [6.07, 6.45) is -1.23. The lowest BCUT2D eigenvalue weighted by Crippen LogP contribution is -2.30. The Morgan fingerprint density at radius 1 is 1.12 bits per heavy atom. The van der Waals surface area contributed by atoms with Crippen LogP contribution in [0.4, 0.5) is 14.5 Å². The molecule has 2 rings (SSSR count). The van der Waals surface area contributed by atoms with Crippen LogP contribution in [0.25, 0.3) is 0 Å². The summed E-state index contributed by atoms with van der Waals surface area (Å²) in [5.74, 6) is -3.66. The molecule has 0 heterocycles. The predicted molar refractivity (Wildman–Crippen MR) is 86.3 cm³/mol. The molecule has 0 saturated heterocycles. The van der Waals surface area contributed by atoms with Gasteiger partial charge in [0.05, 0.1) is 16.3 Å². The first kappa shape index (κ1) is 18.2. The van der Waals surface area contributed by atoms with E-state index in [4.69, 9.17) is 27.9 Å². The number of carbonyl (C=O) groups excluding carboxylic acids is 2. The van der Waals surface area contributed by atoms with Gasteiger partial charge in [0.15, 0.2) is 6.10 Å². The van der Waals surface area contributed by atoms with E-state index < -0.39 is 35.2 Å². The first-order valence-corrected chi connectivity index (χ1v) is 7.45. The van der Waals surface area contributed by atoms with Gasteiger partial charge >= 0.3 is 5.97 Å². The third-order valence-electron chi connectivity index (χ3n) is 2.99. The second-order valence-corrected chi connectivity index (χ2v) is 5.63. The number of hydrogen-bond acceptors (Lipinski definition) is 3. The summed E-state index contributed by atoms with van der Waals surface area (Å²) in [4.78, 5) is 23.9. The van der Waals surface area contributed by atoms with E-state index in [9.17, 15) is 18.4 Å². The van der Waals surface area contributed by atoms with Crippen LogP contribution in [-0.4, -0.2) is 18.0 Å². The van der Waals surface area contributed by atoms with Gasteiger partial charge in [-0.15, -0.1) is 0 Å². The van der Waals surface area contributed by atoms with E-state index in [0.717, 1.165) is 12.1 Å². The Kier molecular flexibility index (Phi) is 5.75. The zero-order valence-electron chi connectivity index (χ0n) is 12.3. The lowest BCUT2D eigenvalue weighted by molar-refractivity contribution is -0.123. The molecule has 0 aromatic heterocycles. The molecule has 1 N–H and O–H groups in total. The molecule has 4 nitrogen and oxygen atoms in total. The second kappa shape index (κ2) is 7.59. The summed E-state index contributed by atoms with van der Waals surface area (Å²) in [5.41, 5.74) is -0.192. The number of halogens is 4. The van der Waals surface area contributed by atoms with Gasteiger partial charge in [-0.1, -0.05) is 23.2 Å². The first-order valence-electron chi connectivity index (χ1n) is 6.70. The zero-order chi connectivity index (χ0) is 17.9. The summed E-state index contributed by atoms with van der Waals surface area (Å²) in [6.45, 7) is 1.30. The molecule has 0 bridgehead atoms. The van der Waals surface area contributed by atoms with Gasteiger partial charge in [0.1, 0.15) is 11.6 Å². The Morgan fingerprint density at radius 2 is 1.83 bits per heavy atom. The highest BCUT2D eigenvalue weighted by molar-refractivity contribution is 6.36. The lowest BCUT2D eigenvalue weighted by atomic mass is 10.2. The minimum Gasteiger partial charge on any atom is -0.449 e. The Bertz CT molecular complexity index is 799. The van der Waals surface area contributed by atoms with Crippen LogP contribution < -0.4 is 5.32 Å². The summed E-state index contributed by atoms with van der Waals surface area (Å²) >= 11 is 11.7. The van der Waals surface area contributed by atoms with Gasteiger partial charge in [0, 0.05) is 11.1 Å². The highest BCUT2D eigenvalue weighted by Crippen LogP contribution is 2.25. The Labute approximate surface area is 146 Å². The van der Waals surface area contributed by atoms with Crippen LogP contribution >= 0.6 is 23.2 Å². The van der Waals surface area contributed by atoms with E-state index in [1.54, 1.807) is 0 Å². The number of anilines is 1. The zero-order valence-corrected chi connectivity index (χ0v) is 13.8. The molecule has 0 saturated carbocycles. The maximum absolute atomic E-state index is 13.5. The van der Waals surface area contributed by atoms with Gasteiger partial charge in [-0.3, -0.25) is 4.79 Å². The maximum Gasteiger partial charge on any atom is 0.341 e. The summed E-state index contributed by atoms with van der Waals surface area (Å²) < 4.78 is 31.2. The van der Waals surface area contributed by atoms with Crippen molar-refractivity contribution >= 4 is 40.8 Å². The van der Waals surface area contributed by atoms with E-state index in [2.05, 4.69) is 5.32 Å². The number of amides is 1. The van der Waals surface area contributed by atoms with Crippen molar-refractivity contribution in [1.82, 2.24) is 0 Å². The molecule has 0 fully saturated rings. The smallest absolute Gasteiger partial charge is 0.341 e. The van der Waals surface area contributed by atoms with E-state index in [0.29, 0.717) is 11.1 Å². The van der Waals surface area contributed by atoms with Gasteiger partial charge in [-0.05, 0) is 37.3 Å². The van der Waals surface area contributed by atoms with Gasteiger partial charge in [-0.2, -0.15) is 0 Å². The Morgan fingerprint density at radius 3 is 2.46 bits per heavy atom. The molecule has 1 amide bonds. The molecule has 2 aromatic carbocycles. The van der Waals surface area contributed by atoms with Crippen LogP contribution in [0.3, 0.4) is 0 Å². The molecule has 0 aliphatic heterocycles. The van der Waals surface area contributed by atoms with Crippen molar-refractivity contribution in [2.75, 3.05) is 5.32 Å². The van der Waals surface area contributed by atoms with Gasteiger partial charge in [0.25, 0.3) is 5.91 Å². The van der Waals surface area contributed by atoms with E-state index in [-0.39, 0.29) is 10.7 Å². The van der Waals surface area contributed by atoms with E-state index in [1.165, 1.54) is 25.1 Å². The summed E-state index contributed by atoms with van der Waals surface area (Å²) in [7, 11) is 0. The summed E-state index contributed by atoms with van der Waals surface area (Å²) in [6, 6.07) is 6.84. The molecule has 8 heteroatoms. The highest BCUT2D eigenvalue weighted by Gasteiger charge is 2.22. The Hall–Kier alpha value is -2.18. The molecule has 0 spiro atoms. The number of benzene rings is 2. The molecular weight excluding hydrogens is 363 g/mol. The van der Waals surface area contributed by atoms with Crippen molar-refractivity contribution < 1.29 is 23.1 Å². The van der Waals surface area contributed by atoms with Crippen molar-refractivity contribution in [2.45, 2.75) is 13.0 Å². The number of nitrogens with one attached hydrogen (secondary N) is 1. The molecule has 126 valence electrons. The third kappa shape index (κ3) is 4.43. The number of carbonyl (C=O) groups is 2. The van der Waals surface area contributed by atoms with Crippen molar-refractivity contribution in [3.8, 4) is 0 Å². The minimum absolute atomic E-state index is 0.207. The second-order valence-electron chi connectivity index (χ2n) is 4.79. The fourth-order valence-corrected chi connectivity index (χ4v) is 2.21. The third-order valence-corrected chi connectivity index (χ3v) is 3.54. The van der Waals surface area contributed by atoms with Crippen molar-refractivity contribution in [2.24, 2.45) is 0 Å². The quantitative estimate of drug-likeness (QED) is 0.805. The fraction of sp³-hybridized carbons (Fsp3) is 0.125. The molecule has 2 aromatic rings. The first-order chi connectivity index (χ1) is 11.3. The molecule has 0 aliphatic rings. The largest absolute Gasteiger partial charge is 0.449 e. The van der Waals surface area contributed by atoms with Crippen molar-refractivity contribution in [3.05, 3.63) is 63.6 Å². The lowest BCUT2D eigenvalue weighted by Gasteiger charge is -2.14. The van der Waals surface area contributed by atoms with Crippen molar-refractivity contribution in [3.63, 3.8) is 0 Å². The molecule has 0 aliphatic carbocycles. The maximum atomic E-state index is 13.5. The van der Waals surface area contributed by atoms with Gasteiger partial charge in [-0.25, -0.2) is 13.6 Å². The van der Waals surface area contributed by atoms with Gasteiger partial charge < -0.3 is 10.1 Å². The highest BCUT2D eigenvalue weighted by atomic mass is 35.5. The monoisotopic (exact) mass is 373 g/mol. The van der Waals surface area contributed by atoms with Crippen LogP contribution in [0.15, 0.2) is 36.4 Å². The summed E-state index contributed by atoms with van der Waals surface area (Å²) in [5, 5.41) is 3.06. The van der Waals surface area contributed by atoms with Crippen molar-refractivity contribution in [1.29, 1.82) is 0 Å². The average Bonchev–Trinajstić information content (AvgIpc) is 2.49. The SMILES string of the molecule is CC(OC(=O)c1ccc(F)cc1F)C(=O)Nc1ccc(Cl)cc1Cl. The molecule has 1 unspecified atom stereocenters. The number of hydrogen-bond donors (Lipinski definition) is 1. The van der Waals surface area contributed by atoms with Crippen LogP contribution in [0.1, 0.15) is 17.3 Å². The van der Waals surface area contributed by atoms with E-state index in [1.807, 2.05) is 0 Å². The van der Waals surface area contributed by atoms with Gasteiger partial charge in [0.2, 0.25) is 0 Å². The normalized spacial score (nSPS) is 11.7. The minimum atomic E-state index is -1.23.